The van der Waals surface area contributed by atoms with Crippen molar-refractivity contribution >= 4 is 11.9 Å². The Kier molecular flexibility index (Phi) is 2.30. The van der Waals surface area contributed by atoms with E-state index in [1.54, 1.807) is 4.90 Å². The van der Waals surface area contributed by atoms with E-state index in [0.29, 0.717) is 18.0 Å². The first-order valence-corrected chi connectivity index (χ1v) is 4.98. The predicted octanol–water partition coefficient (Wildman–Crippen LogP) is 0.671. The molecule has 5 nitrogen and oxygen atoms in total. The minimum absolute atomic E-state index is 0.0127. The van der Waals surface area contributed by atoms with Crippen molar-refractivity contribution in [2.24, 2.45) is 5.92 Å². The SMILES string of the molecule is CC(C)CN1Cc2nc(N)ncc2C1=O. The molecule has 2 N–H and O–H groups in total. The minimum atomic E-state index is 0.0127. The number of nitrogen functional groups attached to an aromatic ring is 1. The Hall–Kier alpha value is -1.65. The fourth-order valence-electron chi connectivity index (χ4n) is 1.74. The Balaban J connectivity index is 2.25. The van der Waals surface area contributed by atoms with Gasteiger partial charge in [0.25, 0.3) is 5.91 Å². The van der Waals surface area contributed by atoms with Crippen molar-refractivity contribution in [3.63, 3.8) is 0 Å². The molecule has 0 unspecified atom stereocenters. The van der Waals surface area contributed by atoms with Crippen molar-refractivity contribution in [1.29, 1.82) is 0 Å². The van der Waals surface area contributed by atoms with Crippen molar-refractivity contribution in [3.05, 3.63) is 17.5 Å². The monoisotopic (exact) mass is 206 g/mol. The van der Waals surface area contributed by atoms with Gasteiger partial charge >= 0.3 is 0 Å². The zero-order valence-corrected chi connectivity index (χ0v) is 8.90. The van der Waals surface area contributed by atoms with Crippen LogP contribution in [0.1, 0.15) is 29.9 Å². The molecule has 2 heterocycles. The van der Waals surface area contributed by atoms with Crippen LogP contribution in [-0.2, 0) is 6.54 Å². The predicted molar refractivity (Wildman–Crippen MR) is 56.0 cm³/mol. The number of hydrogen-bond donors (Lipinski definition) is 1. The van der Waals surface area contributed by atoms with Gasteiger partial charge in [0.05, 0.1) is 17.8 Å². The number of fused-ring (bicyclic) bond motifs is 1. The largest absolute Gasteiger partial charge is 0.368 e. The molecular formula is C10H14N4O. The van der Waals surface area contributed by atoms with E-state index in [1.165, 1.54) is 6.20 Å². The summed E-state index contributed by atoms with van der Waals surface area (Å²) in [7, 11) is 0. The topological polar surface area (TPSA) is 72.1 Å². The van der Waals surface area contributed by atoms with Crippen molar-refractivity contribution in [2.45, 2.75) is 20.4 Å². The molecular weight excluding hydrogens is 192 g/mol. The molecule has 1 aromatic heterocycles. The molecule has 0 saturated heterocycles. The van der Waals surface area contributed by atoms with E-state index in [9.17, 15) is 4.79 Å². The molecule has 1 amide bonds. The van der Waals surface area contributed by atoms with E-state index in [2.05, 4.69) is 23.8 Å². The quantitative estimate of drug-likeness (QED) is 0.772. The van der Waals surface area contributed by atoms with Crippen LogP contribution in [0.15, 0.2) is 6.20 Å². The molecule has 5 heteroatoms. The number of carbonyl (C=O) groups excluding carboxylic acids is 1. The normalized spacial score (nSPS) is 14.9. The maximum absolute atomic E-state index is 11.8. The van der Waals surface area contributed by atoms with E-state index in [4.69, 9.17) is 5.73 Å². The van der Waals surface area contributed by atoms with Gasteiger partial charge in [-0.1, -0.05) is 13.8 Å². The van der Waals surface area contributed by atoms with Crippen molar-refractivity contribution in [2.75, 3.05) is 12.3 Å². The van der Waals surface area contributed by atoms with Crippen LogP contribution in [0.4, 0.5) is 5.95 Å². The zero-order valence-electron chi connectivity index (χ0n) is 8.90. The third kappa shape index (κ3) is 1.77. The molecule has 1 aliphatic rings. The lowest BCUT2D eigenvalue weighted by molar-refractivity contribution is 0.0759. The van der Waals surface area contributed by atoms with E-state index in [0.717, 1.165) is 12.2 Å². The molecule has 0 saturated carbocycles. The highest BCUT2D eigenvalue weighted by atomic mass is 16.2. The van der Waals surface area contributed by atoms with Crippen LogP contribution in [0, 0.1) is 5.92 Å². The number of anilines is 1. The van der Waals surface area contributed by atoms with Crippen LogP contribution in [0.3, 0.4) is 0 Å². The Labute approximate surface area is 88.3 Å². The first-order valence-electron chi connectivity index (χ1n) is 4.98. The third-order valence-electron chi connectivity index (χ3n) is 2.33. The average molecular weight is 206 g/mol. The van der Waals surface area contributed by atoms with Gasteiger partial charge in [0.2, 0.25) is 5.95 Å². The Morgan fingerprint density at radius 3 is 3.00 bits per heavy atom. The van der Waals surface area contributed by atoms with Crippen LogP contribution in [0.5, 0.6) is 0 Å². The highest BCUT2D eigenvalue weighted by Gasteiger charge is 2.29. The van der Waals surface area contributed by atoms with Gasteiger partial charge in [-0.2, -0.15) is 0 Å². The highest BCUT2D eigenvalue weighted by Crippen LogP contribution is 2.21. The lowest BCUT2D eigenvalue weighted by Gasteiger charge is -2.17. The molecule has 0 radical (unpaired) electrons. The Morgan fingerprint density at radius 2 is 2.33 bits per heavy atom. The van der Waals surface area contributed by atoms with Gasteiger partial charge in [-0.3, -0.25) is 4.79 Å². The number of hydrogen-bond acceptors (Lipinski definition) is 4. The number of aromatic nitrogens is 2. The summed E-state index contributed by atoms with van der Waals surface area (Å²) in [6.07, 6.45) is 1.51. The standard InChI is InChI=1S/C10H14N4O/c1-6(2)4-14-5-8-7(9(14)15)3-12-10(11)13-8/h3,6H,4-5H2,1-2H3,(H2,11,12,13). The van der Waals surface area contributed by atoms with E-state index in [-0.39, 0.29) is 11.9 Å². The third-order valence-corrected chi connectivity index (χ3v) is 2.33. The maximum atomic E-state index is 11.8. The summed E-state index contributed by atoms with van der Waals surface area (Å²) in [4.78, 5) is 21.5. The van der Waals surface area contributed by atoms with Gasteiger partial charge in [-0.05, 0) is 5.92 Å². The van der Waals surface area contributed by atoms with Gasteiger partial charge in [-0.25, -0.2) is 9.97 Å². The Bertz CT molecular complexity index is 402. The summed E-state index contributed by atoms with van der Waals surface area (Å²) in [5.41, 5.74) is 6.80. The second-order valence-electron chi connectivity index (χ2n) is 4.17. The summed E-state index contributed by atoms with van der Waals surface area (Å²) >= 11 is 0. The van der Waals surface area contributed by atoms with Crippen LogP contribution in [0.25, 0.3) is 0 Å². The lowest BCUT2D eigenvalue weighted by Crippen LogP contribution is -2.27. The van der Waals surface area contributed by atoms with Crippen LogP contribution >= 0.6 is 0 Å². The summed E-state index contributed by atoms with van der Waals surface area (Å²) in [6.45, 7) is 5.46. The van der Waals surface area contributed by atoms with Crippen molar-refractivity contribution < 1.29 is 4.79 Å². The molecule has 1 aromatic rings. The maximum Gasteiger partial charge on any atom is 0.257 e. The molecule has 15 heavy (non-hydrogen) atoms. The van der Waals surface area contributed by atoms with E-state index < -0.39 is 0 Å². The summed E-state index contributed by atoms with van der Waals surface area (Å²) in [5, 5.41) is 0. The number of carbonyl (C=O) groups is 1. The molecule has 1 aliphatic heterocycles. The Morgan fingerprint density at radius 1 is 1.60 bits per heavy atom. The van der Waals surface area contributed by atoms with Crippen LogP contribution in [-0.4, -0.2) is 27.3 Å². The van der Waals surface area contributed by atoms with Crippen LogP contribution < -0.4 is 5.73 Å². The summed E-state index contributed by atoms with van der Waals surface area (Å²) < 4.78 is 0. The minimum Gasteiger partial charge on any atom is -0.368 e. The van der Waals surface area contributed by atoms with Gasteiger partial charge < -0.3 is 10.6 Å². The fraction of sp³-hybridized carbons (Fsp3) is 0.500. The molecule has 0 spiro atoms. The number of rotatable bonds is 2. The van der Waals surface area contributed by atoms with Gasteiger partial charge in [0.15, 0.2) is 0 Å². The average Bonchev–Trinajstić information content (AvgIpc) is 2.42. The first kappa shape index (κ1) is 9.89. The van der Waals surface area contributed by atoms with Crippen molar-refractivity contribution in [1.82, 2.24) is 14.9 Å². The molecule has 2 rings (SSSR count). The molecule has 0 aromatic carbocycles. The first-order chi connectivity index (χ1) is 7.08. The van der Waals surface area contributed by atoms with Gasteiger partial charge in [-0.15, -0.1) is 0 Å². The fourth-order valence-corrected chi connectivity index (χ4v) is 1.74. The molecule has 0 fully saturated rings. The summed E-state index contributed by atoms with van der Waals surface area (Å²) in [5.74, 6) is 0.695. The van der Waals surface area contributed by atoms with Gasteiger partial charge in [0.1, 0.15) is 0 Å². The van der Waals surface area contributed by atoms with E-state index >= 15 is 0 Å². The molecule has 0 atom stereocenters. The number of amides is 1. The molecule has 0 aliphatic carbocycles. The zero-order chi connectivity index (χ0) is 11.0. The van der Waals surface area contributed by atoms with E-state index in [1.807, 2.05) is 0 Å². The van der Waals surface area contributed by atoms with Crippen molar-refractivity contribution in [3.8, 4) is 0 Å². The smallest absolute Gasteiger partial charge is 0.257 e. The summed E-state index contributed by atoms with van der Waals surface area (Å²) in [6, 6.07) is 0. The number of nitrogens with zero attached hydrogens (tertiary/aromatic N) is 3. The molecule has 80 valence electrons. The highest BCUT2D eigenvalue weighted by molar-refractivity contribution is 5.97. The second-order valence-corrected chi connectivity index (χ2v) is 4.17. The molecule has 0 bridgehead atoms. The lowest BCUT2D eigenvalue weighted by atomic mass is 10.2. The van der Waals surface area contributed by atoms with Gasteiger partial charge in [0, 0.05) is 12.7 Å². The second kappa shape index (κ2) is 3.49. The van der Waals surface area contributed by atoms with Crippen LogP contribution in [0.2, 0.25) is 0 Å². The number of nitrogens with two attached hydrogens (primary N) is 1.